The molecule has 4 rings (SSSR count). The van der Waals surface area contributed by atoms with E-state index < -0.39 is 23.4 Å². The summed E-state index contributed by atoms with van der Waals surface area (Å²) in [4.78, 5) is 11.8. The van der Waals surface area contributed by atoms with Crippen molar-refractivity contribution >= 4 is 6.09 Å². The van der Waals surface area contributed by atoms with Crippen LogP contribution in [0.2, 0.25) is 0 Å². The Balaban J connectivity index is 1.48. The monoisotopic (exact) mass is 357 g/mol. The van der Waals surface area contributed by atoms with Crippen molar-refractivity contribution in [3.8, 4) is 5.75 Å². The number of hydrogen-bond acceptors (Lipinski definition) is 3. The third kappa shape index (κ3) is 3.85. The molecule has 1 aromatic carbocycles. The molecule has 4 nitrogen and oxygen atoms in total. The van der Waals surface area contributed by atoms with Crippen LogP contribution in [0, 0.1) is 5.41 Å². The van der Waals surface area contributed by atoms with Gasteiger partial charge in [0.1, 0.15) is 11.4 Å². The van der Waals surface area contributed by atoms with Crippen LogP contribution in [0.1, 0.15) is 45.6 Å². The quantitative estimate of drug-likeness (QED) is 0.861. The molecule has 0 atom stereocenters. The van der Waals surface area contributed by atoms with E-state index in [1.54, 1.807) is 20.8 Å². The van der Waals surface area contributed by atoms with E-state index in [-0.39, 0.29) is 16.7 Å². The van der Waals surface area contributed by atoms with E-state index >= 15 is 0 Å². The molecule has 0 unspecified atom stereocenters. The molecule has 0 spiro atoms. The third-order valence-corrected chi connectivity index (χ3v) is 4.61. The Hall–Kier alpha value is -1.92. The lowest BCUT2D eigenvalue weighted by molar-refractivity contribution is -0.170. The molecular weight excluding hydrogens is 335 g/mol. The predicted molar refractivity (Wildman–Crippen MR) is 85.3 cm³/mol. The van der Waals surface area contributed by atoms with E-state index in [9.17, 15) is 18.0 Å². The number of ether oxygens (including phenoxy) is 2. The average molecular weight is 357 g/mol. The molecule has 1 aromatic rings. The molecule has 7 heteroatoms. The van der Waals surface area contributed by atoms with Crippen molar-refractivity contribution in [2.45, 2.75) is 57.3 Å². The maximum Gasteiger partial charge on any atom is 0.416 e. The van der Waals surface area contributed by atoms with E-state index in [4.69, 9.17) is 9.47 Å². The summed E-state index contributed by atoms with van der Waals surface area (Å²) >= 11 is 0. The fourth-order valence-corrected chi connectivity index (χ4v) is 3.80. The number of carbonyl (C=O) groups excluding carboxylic acids is 1. The van der Waals surface area contributed by atoms with Gasteiger partial charge < -0.3 is 14.8 Å². The fraction of sp³-hybridized carbons (Fsp3) is 0.611. The lowest BCUT2D eigenvalue weighted by Gasteiger charge is -2.69. The standard InChI is InChI=1S/C18H22F3NO3/c1-15(2,3)25-14(23)22-17-8-16(9-17,10-17)11-24-13-6-4-5-12(7-13)18(19,20)21/h4-7H,8-11H2,1-3H3,(H,22,23). The molecule has 3 aliphatic rings. The molecule has 3 aliphatic carbocycles. The first-order valence-corrected chi connectivity index (χ1v) is 8.22. The zero-order chi connectivity index (χ0) is 18.5. The van der Waals surface area contributed by atoms with E-state index in [1.807, 2.05) is 0 Å². The molecule has 3 fully saturated rings. The summed E-state index contributed by atoms with van der Waals surface area (Å²) in [6.07, 6.45) is -2.52. The van der Waals surface area contributed by atoms with E-state index in [0.717, 1.165) is 31.4 Å². The van der Waals surface area contributed by atoms with Crippen LogP contribution in [-0.2, 0) is 10.9 Å². The van der Waals surface area contributed by atoms with E-state index in [2.05, 4.69) is 5.32 Å². The maximum atomic E-state index is 12.7. The Bertz CT molecular complexity index is 659. The lowest BCUT2D eigenvalue weighted by Crippen LogP contribution is -2.76. The molecule has 0 saturated heterocycles. The van der Waals surface area contributed by atoms with Gasteiger partial charge in [0.2, 0.25) is 0 Å². The zero-order valence-electron chi connectivity index (χ0n) is 14.5. The molecule has 0 heterocycles. The van der Waals surface area contributed by atoms with E-state index in [0.29, 0.717) is 6.61 Å². The van der Waals surface area contributed by atoms with Gasteiger partial charge in [-0.2, -0.15) is 13.2 Å². The number of amides is 1. The Labute approximate surface area is 144 Å². The molecule has 0 aliphatic heterocycles. The molecule has 25 heavy (non-hydrogen) atoms. The summed E-state index contributed by atoms with van der Waals surface area (Å²) in [5.41, 5.74) is -1.55. The van der Waals surface area contributed by atoms with Gasteiger partial charge in [-0.15, -0.1) is 0 Å². The van der Waals surface area contributed by atoms with Crippen LogP contribution >= 0.6 is 0 Å². The topological polar surface area (TPSA) is 47.6 Å². The van der Waals surface area contributed by atoms with Gasteiger partial charge in [0.05, 0.1) is 12.2 Å². The van der Waals surface area contributed by atoms with Gasteiger partial charge in [-0.3, -0.25) is 0 Å². The van der Waals surface area contributed by atoms with Crippen molar-refractivity contribution in [1.82, 2.24) is 5.32 Å². The first kappa shape index (κ1) is 17.9. The number of carbonyl (C=O) groups is 1. The molecule has 1 N–H and O–H groups in total. The minimum absolute atomic E-state index is 0.0523. The van der Waals surface area contributed by atoms with Crippen LogP contribution < -0.4 is 10.1 Å². The summed E-state index contributed by atoms with van der Waals surface area (Å²) in [5.74, 6) is 0.216. The lowest BCUT2D eigenvalue weighted by atomic mass is 9.39. The highest BCUT2D eigenvalue weighted by atomic mass is 19.4. The summed E-state index contributed by atoms with van der Waals surface area (Å²) in [7, 11) is 0. The molecule has 0 aromatic heterocycles. The Morgan fingerprint density at radius 3 is 2.40 bits per heavy atom. The van der Waals surface area contributed by atoms with Crippen LogP contribution in [0.4, 0.5) is 18.0 Å². The summed E-state index contributed by atoms with van der Waals surface area (Å²) < 4.78 is 49.0. The second kappa shape index (κ2) is 5.54. The fourth-order valence-electron chi connectivity index (χ4n) is 3.80. The first-order valence-electron chi connectivity index (χ1n) is 8.22. The van der Waals surface area contributed by atoms with Crippen molar-refractivity contribution in [1.29, 1.82) is 0 Å². The molecule has 0 radical (unpaired) electrons. The van der Waals surface area contributed by atoms with Gasteiger partial charge in [0.15, 0.2) is 0 Å². The maximum absolute atomic E-state index is 12.7. The third-order valence-electron chi connectivity index (χ3n) is 4.61. The van der Waals surface area contributed by atoms with Gasteiger partial charge in [0.25, 0.3) is 0 Å². The number of rotatable bonds is 4. The van der Waals surface area contributed by atoms with Crippen molar-refractivity contribution in [2.75, 3.05) is 6.61 Å². The summed E-state index contributed by atoms with van der Waals surface area (Å²) in [6, 6.07) is 4.90. The number of halogens is 3. The summed E-state index contributed by atoms with van der Waals surface area (Å²) in [6.45, 7) is 5.77. The van der Waals surface area contributed by atoms with Crippen molar-refractivity contribution in [2.24, 2.45) is 5.41 Å². The number of benzene rings is 1. The van der Waals surface area contributed by atoms with Crippen molar-refractivity contribution in [3.05, 3.63) is 29.8 Å². The van der Waals surface area contributed by atoms with Crippen LogP contribution in [0.25, 0.3) is 0 Å². The van der Waals surface area contributed by atoms with Crippen molar-refractivity contribution < 1.29 is 27.4 Å². The molecule has 2 bridgehead atoms. The highest BCUT2D eigenvalue weighted by molar-refractivity contribution is 5.69. The second-order valence-corrected chi connectivity index (χ2v) is 8.25. The minimum atomic E-state index is -4.38. The highest BCUT2D eigenvalue weighted by Gasteiger charge is 2.69. The smallest absolute Gasteiger partial charge is 0.416 e. The van der Waals surface area contributed by atoms with Crippen LogP contribution in [-0.4, -0.2) is 23.8 Å². The number of nitrogens with one attached hydrogen (secondary N) is 1. The minimum Gasteiger partial charge on any atom is -0.493 e. The zero-order valence-corrected chi connectivity index (χ0v) is 14.5. The van der Waals surface area contributed by atoms with Crippen LogP contribution in [0.5, 0.6) is 5.75 Å². The van der Waals surface area contributed by atoms with E-state index in [1.165, 1.54) is 12.1 Å². The van der Waals surface area contributed by atoms with Gasteiger partial charge in [-0.1, -0.05) is 6.07 Å². The van der Waals surface area contributed by atoms with Gasteiger partial charge in [-0.25, -0.2) is 4.79 Å². The highest BCUT2D eigenvalue weighted by Crippen LogP contribution is 2.67. The normalized spacial score (nSPS) is 27.8. The van der Waals surface area contributed by atoms with Crippen LogP contribution in [0.15, 0.2) is 24.3 Å². The number of hydrogen-bond donors (Lipinski definition) is 1. The molecule has 138 valence electrons. The average Bonchev–Trinajstić information content (AvgIpc) is 2.37. The second-order valence-electron chi connectivity index (χ2n) is 8.25. The van der Waals surface area contributed by atoms with Gasteiger partial charge in [-0.05, 0) is 58.2 Å². The first-order chi connectivity index (χ1) is 11.4. The Morgan fingerprint density at radius 1 is 1.20 bits per heavy atom. The Kier molecular flexibility index (Phi) is 3.96. The van der Waals surface area contributed by atoms with Crippen LogP contribution in [0.3, 0.4) is 0 Å². The summed E-state index contributed by atoms with van der Waals surface area (Å²) in [5, 5.41) is 2.90. The van der Waals surface area contributed by atoms with Gasteiger partial charge in [0, 0.05) is 11.0 Å². The Morgan fingerprint density at radius 2 is 1.84 bits per heavy atom. The number of alkyl halides is 3. The predicted octanol–water partition coefficient (Wildman–Crippen LogP) is 4.53. The largest absolute Gasteiger partial charge is 0.493 e. The van der Waals surface area contributed by atoms with Gasteiger partial charge >= 0.3 is 12.3 Å². The SMILES string of the molecule is CC(C)(C)OC(=O)NC12CC(COc3cccc(C(F)(F)F)c3)(C1)C2. The molecular formula is C18H22F3NO3. The molecule has 3 saturated carbocycles. The number of alkyl carbamates (subject to hydrolysis) is 1. The van der Waals surface area contributed by atoms with Crippen molar-refractivity contribution in [3.63, 3.8) is 0 Å². The molecule has 1 amide bonds.